The molecule has 3 aromatic heterocycles. The van der Waals surface area contributed by atoms with Gasteiger partial charge in [0, 0.05) is 45.1 Å². The molecule has 7 rings (SSSR count). The van der Waals surface area contributed by atoms with E-state index in [4.69, 9.17) is 9.40 Å². The normalized spacial score (nSPS) is 11.8. The molecule has 0 atom stereocenters. The Hall–Kier alpha value is -4.37. The number of aromatic nitrogens is 2. The maximum Gasteiger partial charge on any atom is 0.135 e. The number of fused-ring (bicyclic) bond motifs is 5. The molecule has 3 heterocycles. The molecule has 0 aliphatic heterocycles. The number of rotatable bonds is 2. The molecule has 0 saturated carbocycles. The lowest BCUT2D eigenvalue weighted by atomic mass is 10.0. The van der Waals surface area contributed by atoms with Gasteiger partial charge in [-0.05, 0) is 41.8 Å². The summed E-state index contributed by atoms with van der Waals surface area (Å²) in [6, 6.07) is 34.1. The molecule has 150 valence electrons. The first-order valence-corrected chi connectivity index (χ1v) is 10.7. The highest BCUT2D eigenvalue weighted by Gasteiger charge is 2.15. The average Bonchev–Trinajstić information content (AvgIpc) is 3.44. The van der Waals surface area contributed by atoms with Crippen LogP contribution in [0.2, 0.25) is 0 Å². The Bertz CT molecular complexity index is 1780. The molecule has 0 aliphatic rings. The molecule has 4 aromatic carbocycles. The Balaban J connectivity index is 1.54. The van der Waals surface area contributed by atoms with Crippen molar-refractivity contribution in [2.75, 3.05) is 0 Å². The smallest absolute Gasteiger partial charge is 0.135 e. The lowest BCUT2D eigenvalue weighted by molar-refractivity contribution is 0.616. The van der Waals surface area contributed by atoms with Gasteiger partial charge in [-0.15, -0.1) is 0 Å². The van der Waals surface area contributed by atoms with E-state index in [2.05, 4.69) is 95.6 Å². The maximum atomic E-state index is 5.73. The number of hydrogen-bond donors (Lipinski definition) is 0. The highest BCUT2D eigenvalue weighted by molar-refractivity contribution is 6.13. The summed E-state index contributed by atoms with van der Waals surface area (Å²) in [6.45, 7) is 0. The van der Waals surface area contributed by atoms with Gasteiger partial charge < -0.3 is 8.98 Å². The van der Waals surface area contributed by atoms with Gasteiger partial charge in [0.25, 0.3) is 0 Å². The molecule has 0 unspecified atom stereocenters. The molecule has 0 amide bonds. The summed E-state index contributed by atoms with van der Waals surface area (Å²) in [6.07, 6.45) is 3.64. The molecule has 7 aromatic rings. The zero-order chi connectivity index (χ0) is 21.1. The van der Waals surface area contributed by atoms with Crippen LogP contribution < -0.4 is 0 Å². The van der Waals surface area contributed by atoms with Crippen molar-refractivity contribution < 1.29 is 4.42 Å². The first kappa shape index (κ1) is 17.3. The molecule has 0 radical (unpaired) electrons. The second-order valence-electron chi connectivity index (χ2n) is 8.11. The molecule has 3 nitrogen and oxygen atoms in total. The average molecular weight is 410 g/mol. The molecule has 0 bridgehead atoms. The van der Waals surface area contributed by atoms with Crippen LogP contribution in [-0.2, 0) is 0 Å². The van der Waals surface area contributed by atoms with Crippen molar-refractivity contribution in [3.63, 3.8) is 0 Å². The van der Waals surface area contributed by atoms with Crippen LogP contribution in [-0.4, -0.2) is 9.55 Å². The van der Waals surface area contributed by atoms with Crippen molar-refractivity contribution >= 4 is 43.5 Å². The number of pyridine rings is 1. The Labute approximate surface area is 184 Å². The minimum Gasteiger partial charge on any atom is -0.464 e. The third-order valence-corrected chi connectivity index (χ3v) is 6.30. The molecule has 0 fully saturated rings. The Morgan fingerprint density at radius 3 is 2.47 bits per heavy atom. The lowest BCUT2D eigenvalue weighted by Crippen LogP contribution is -1.95. The van der Waals surface area contributed by atoms with Crippen LogP contribution in [0.3, 0.4) is 0 Å². The molecule has 0 N–H and O–H groups in total. The van der Waals surface area contributed by atoms with Crippen molar-refractivity contribution in [2.24, 2.45) is 0 Å². The summed E-state index contributed by atoms with van der Waals surface area (Å²) in [4.78, 5) is 4.73. The molecule has 0 aliphatic carbocycles. The van der Waals surface area contributed by atoms with Gasteiger partial charge in [-0.3, -0.25) is 4.98 Å². The topological polar surface area (TPSA) is 31.0 Å². The second-order valence-corrected chi connectivity index (χ2v) is 8.11. The van der Waals surface area contributed by atoms with Crippen molar-refractivity contribution in [1.82, 2.24) is 9.55 Å². The predicted molar refractivity (Wildman–Crippen MR) is 131 cm³/mol. The largest absolute Gasteiger partial charge is 0.464 e. The van der Waals surface area contributed by atoms with E-state index < -0.39 is 0 Å². The van der Waals surface area contributed by atoms with Crippen LogP contribution in [0.1, 0.15) is 0 Å². The van der Waals surface area contributed by atoms with Crippen LogP contribution in [0.25, 0.3) is 60.5 Å². The highest BCUT2D eigenvalue weighted by atomic mass is 16.3. The van der Waals surface area contributed by atoms with Crippen LogP contribution in [0.5, 0.6) is 0 Å². The van der Waals surface area contributed by atoms with E-state index in [1.54, 1.807) is 6.26 Å². The van der Waals surface area contributed by atoms with Gasteiger partial charge in [-0.1, -0.05) is 54.6 Å². The summed E-state index contributed by atoms with van der Waals surface area (Å²) in [5.74, 6) is 0. The zero-order valence-corrected chi connectivity index (χ0v) is 17.2. The summed E-state index contributed by atoms with van der Waals surface area (Å²) >= 11 is 0. The van der Waals surface area contributed by atoms with Crippen molar-refractivity contribution in [3.05, 3.63) is 110 Å². The fraction of sp³-hybridized carbons (Fsp3) is 0. The number of para-hydroxylation sites is 1. The van der Waals surface area contributed by atoms with Crippen LogP contribution in [0.15, 0.2) is 114 Å². The number of nitrogens with zero attached hydrogens (tertiary/aromatic N) is 2. The van der Waals surface area contributed by atoms with Crippen LogP contribution >= 0.6 is 0 Å². The van der Waals surface area contributed by atoms with Crippen molar-refractivity contribution in [2.45, 2.75) is 0 Å². The summed E-state index contributed by atoms with van der Waals surface area (Å²) < 4.78 is 8.05. The fourth-order valence-corrected chi connectivity index (χ4v) is 4.85. The summed E-state index contributed by atoms with van der Waals surface area (Å²) in [5, 5.41) is 5.93. The van der Waals surface area contributed by atoms with Crippen LogP contribution in [0, 0.1) is 0 Å². The molecule has 32 heavy (non-hydrogen) atoms. The number of furan rings is 1. The molecule has 0 saturated heterocycles. The Kier molecular flexibility index (Phi) is 3.55. The fourth-order valence-electron chi connectivity index (χ4n) is 4.85. The van der Waals surface area contributed by atoms with Gasteiger partial charge in [0.2, 0.25) is 0 Å². The van der Waals surface area contributed by atoms with Gasteiger partial charge in [0.15, 0.2) is 0 Å². The lowest BCUT2D eigenvalue weighted by Gasteiger charge is -2.11. The van der Waals surface area contributed by atoms with Crippen molar-refractivity contribution in [3.8, 4) is 16.9 Å². The van der Waals surface area contributed by atoms with E-state index in [0.717, 1.165) is 38.8 Å². The minimum absolute atomic E-state index is 0.897. The van der Waals surface area contributed by atoms with E-state index in [1.165, 1.54) is 21.7 Å². The molecular weight excluding hydrogens is 392 g/mol. The predicted octanol–water partition coefficient (Wildman–Crippen LogP) is 7.75. The highest BCUT2D eigenvalue weighted by Crippen LogP contribution is 2.36. The Morgan fingerprint density at radius 2 is 1.50 bits per heavy atom. The molecular formula is C29H18N2O. The van der Waals surface area contributed by atoms with Gasteiger partial charge in [-0.2, -0.15) is 0 Å². The van der Waals surface area contributed by atoms with Gasteiger partial charge in [0.05, 0.1) is 23.0 Å². The van der Waals surface area contributed by atoms with E-state index in [0.29, 0.717) is 0 Å². The molecule has 3 heteroatoms. The maximum absolute atomic E-state index is 5.73. The first-order chi connectivity index (χ1) is 15.9. The second kappa shape index (κ2) is 6.56. The van der Waals surface area contributed by atoms with E-state index >= 15 is 0 Å². The molecule has 0 spiro atoms. The van der Waals surface area contributed by atoms with Gasteiger partial charge in [0.1, 0.15) is 5.58 Å². The third kappa shape index (κ3) is 2.45. The van der Waals surface area contributed by atoms with E-state index in [1.807, 2.05) is 12.3 Å². The summed E-state index contributed by atoms with van der Waals surface area (Å²) in [7, 11) is 0. The monoisotopic (exact) mass is 410 g/mol. The first-order valence-electron chi connectivity index (χ1n) is 10.7. The number of benzene rings is 4. The zero-order valence-electron chi connectivity index (χ0n) is 17.2. The number of hydrogen-bond acceptors (Lipinski definition) is 2. The Morgan fingerprint density at radius 1 is 0.625 bits per heavy atom. The van der Waals surface area contributed by atoms with Crippen LogP contribution in [0.4, 0.5) is 0 Å². The van der Waals surface area contributed by atoms with E-state index in [9.17, 15) is 0 Å². The van der Waals surface area contributed by atoms with Crippen molar-refractivity contribution in [1.29, 1.82) is 0 Å². The minimum atomic E-state index is 0.897. The standard InChI is InChI=1S/C29H18N2O/c1-2-9-23-19(6-1)12-14-30-29(23)21-7-5-8-22(16-21)31-26-11-4-3-10-24(26)25-17-20-13-15-32-28(20)18-27(25)31/h1-18H. The summed E-state index contributed by atoms with van der Waals surface area (Å²) in [5.41, 5.74) is 6.42. The van der Waals surface area contributed by atoms with E-state index in [-0.39, 0.29) is 0 Å². The SMILES string of the molecule is c1cc(-c2nccc3ccccc23)cc(-n2c3ccccc3c3cc4ccoc4cc32)c1. The quantitative estimate of drug-likeness (QED) is 0.292. The van der Waals surface area contributed by atoms with Gasteiger partial charge >= 0.3 is 0 Å². The van der Waals surface area contributed by atoms with Gasteiger partial charge in [-0.25, -0.2) is 0 Å². The third-order valence-electron chi connectivity index (χ3n) is 6.30.